The lowest BCUT2D eigenvalue weighted by Crippen LogP contribution is -2.18. The first-order valence-electron chi connectivity index (χ1n) is 6.77. The van der Waals surface area contributed by atoms with E-state index in [1.807, 2.05) is 11.7 Å². The number of anilines is 2. The van der Waals surface area contributed by atoms with Crippen molar-refractivity contribution in [3.05, 3.63) is 5.69 Å². The molecular formula is C13H24N4. The first-order valence-corrected chi connectivity index (χ1v) is 6.77. The van der Waals surface area contributed by atoms with Gasteiger partial charge < -0.3 is 11.1 Å². The van der Waals surface area contributed by atoms with Crippen molar-refractivity contribution in [2.75, 3.05) is 17.6 Å². The quantitative estimate of drug-likeness (QED) is 0.844. The normalized spacial score (nSPS) is 17.3. The number of nitrogens with two attached hydrogens (primary N) is 1. The molecule has 0 aliphatic heterocycles. The van der Waals surface area contributed by atoms with Gasteiger partial charge in [0, 0.05) is 13.6 Å². The van der Waals surface area contributed by atoms with Crippen LogP contribution in [0, 0.1) is 5.92 Å². The predicted octanol–water partition coefficient (Wildman–Crippen LogP) is 2.56. The molecule has 1 saturated carbocycles. The molecule has 1 aliphatic carbocycles. The van der Waals surface area contributed by atoms with Gasteiger partial charge >= 0.3 is 0 Å². The number of aryl methyl sites for hydroxylation is 2. The molecule has 3 N–H and O–H groups in total. The van der Waals surface area contributed by atoms with E-state index in [1.54, 1.807) is 0 Å². The van der Waals surface area contributed by atoms with E-state index in [0.717, 1.165) is 36.1 Å². The third-order valence-corrected chi connectivity index (χ3v) is 3.78. The summed E-state index contributed by atoms with van der Waals surface area (Å²) in [5.74, 6) is 1.80. The minimum absolute atomic E-state index is 0.808. The van der Waals surface area contributed by atoms with Crippen LogP contribution in [0.5, 0.6) is 0 Å². The van der Waals surface area contributed by atoms with Crippen LogP contribution in [0.1, 0.15) is 44.7 Å². The number of nitrogens with zero attached hydrogens (tertiary/aromatic N) is 2. The Morgan fingerprint density at radius 3 is 2.65 bits per heavy atom. The molecule has 17 heavy (non-hydrogen) atoms. The smallest absolute Gasteiger partial charge is 0.147 e. The van der Waals surface area contributed by atoms with E-state index in [1.165, 1.54) is 32.1 Å². The monoisotopic (exact) mass is 236 g/mol. The van der Waals surface area contributed by atoms with E-state index >= 15 is 0 Å². The molecule has 0 saturated heterocycles. The van der Waals surface area contributed by atoms with Gasteiger partial charge in [-0.3, -0.25) is 4.68 Å². The van der Waals surface area contributed by atoms with E-state index in [9.17, 15) is 0 Å². The van der Waals surface area contributed by atoms with Crippen molar-refractivity contribution in [2.45, 2.75) is 45.4 Å². The van der Waals surface area contributed by atoms with Crippen LogP contribution in [0.25, 0.3) is 0 Å². The molecule has 2 rings (SSSR count). The van der Waals surface area contributed by atoms with Crippen LogP contribution in [0.4, 0.5) is 11.5 Å². The summed E-state index contributed by atoms with van der Waals surface area (Å²) in [4.78, 5) is 0. The minimum atomic E-state index is 0.808. The van der Waals surface area contributed by atoms with Crippen LogP contribution < -0.4 is 11.1 Å². The molecule has 1 aliphatic rings. The van der Waals surface area contributed by atoms with Gasteiger partial charge in [-0.1, -0.05) is 26.2 Å². The van der Waals surface area contributed by atoms with Crippen molar-refractivity contribution < 1.29 is 0 Å². The van der Waals surface area contributed by atoms with Crippen LogP contribution in [0.15, 0.2) is 0 Å². The SMILES string of the molecule is CCc1nn(C)c(NCC2CCCCC2)c1N. The summed E-state index contributed by atoms with van der Waals surface area (Å²) >= 11 is 0. The molecule has 1 aromatic rings. The van der Waals surface area contributed by atoms with Gasteiger partial charge in [-0.15, -0.1) is 0 Å². The van der Waals surface area contributed by atoms with E-state index < -0.39 is 0 Å². The maximum absolute atomic E-state index is 6.08. The van der Waals surface area contributed by atoms with Crippen LogP contribution in [0.2, 0.25) is 0 Å². The molecule has 1 aromatic heterocycles. The lowest BCUT2D eigenvalue weighted by molar-refractivity contribution is 0.373. The van der Waals surface area contributed by atoms with Crippen LogP contribution in [-0.2, 0) is 13.5 Å². The number of nitrogen functional groups attached to an aromatic ring is 1. The lowest BCUT2D eigenvalue weighted by atomic mass is 9.89. The molecular weight excluding hydrogens is 212 g/mol. The minimum Gasteiger partial charge on any atom is -0.394 e. The van der Waals surface area contributed by atoms with Crippen molar-refractivity contribution in [3.8, 4) is 0 Å². The number of nitrogens with one attached hydrogen (secondary N) is 1. The molecule has 0 amide bonds. The molecule has 4 heteroatoms. The molecule has 0 spiro atoms. The molecule has 0 aromatic carbocycles. The molecule has 0 bridgehead atoms. The molecule has 1 fully saturated rings. The van der Waals surface area contributed by atoms with E-state index in [2.05, 4.69) is 17.3 Å². The van der Waals surface area contributed by atoms with Crippen molar-refractivity contribution in [1.29, 1.82) is 0 Å². The highest BCUT2D eigenvalue weighted by molar-refractivity contribution is 5.64. The summed E-state index contributed by atoms with van der Waals surface area (Å²) in [5, 5.41) is 7.90. The van der Waals surface area contributed by atoms with Crippen molar-refractivity contribution >= 4 is 11.5 Å². The maximum Gasteiger partial charge on any atom is 0.147 e. The summed E-state index contributed by atoms with van der Waals surface area (Å²) in [5.41, 5.74) is 7.91. The van der Waals surface area contributed by atoms with Crippen molar-refractivity contribution in [3.63, 3.8) is 0 Å². The summed E-state index contributed by atoms with van der Waals surface area (Å²) in [6.07, 6.45) is 7.77. The third-order valence-electron chi connectivity index (χ3n) is 3.78. The standard InChI is InChI=1S/C13H24N4/c1-3-11-12(14)13(17(2)16-11)15-9-10-7-5-4-6-8-10/h10,15H,3-9,14H2,1-2H3. The molecule has 0 radical (unpaired) electrons. The third kappa shape index (κ3) is 2.73. The van der Waals surface area contributed by atoms with Gasteiger partial charge in [-0.2, -0.15) is 5.10 Å². The zero-order chi connectivity index (χ0) is 12.3. The second-order valence-corrected chi connectivity index (χ2v) is 5.07. The Morgan fingerprint density at radius 1 is 1.35 bits per heavy atom. The van der Waals surface area contributed by atoms with Crippen molar-refractivity contribution in [2.24, 2.45) is 13.0 Å². The Morgan fingerprint density at radius 2 is 2.06 bits per heavy atom. The molecule has 96 valence electrons. The second-order valence-electron chi connectivity index (χ2n) is 5.07. The maximum atomic E-state index is 6.08. The summed E-state index contributed by atoms with van der Waals surface area (Å²) in [6, 6.07) is 0. The van der Waals surface area contributed by atoms with Crippen molar-refractivity contribution in [1.82, 2.24) is 9.78 Å². The number of hydrogen-bond acceptors (Lipinski definition) is 3. The van der Waals surface area contributed by atoms with Crippen LogP contribution >= 0.6 is 0 Å². The van der Waals surface area contributed by atoms with Gasteiger partial charge in [0.1, 0.15) is 5.82 Å². The zero-order valence-electron chi connectivity index (χ0n) is 11.0. The zero-order valence-corrected chi connectivity index (χ0v) is 11.0. The Kier molecular flexibility index (Phi) is 3.92. The van der Waals surface area contributed by atoms with Crippen LogP contribution in [-0.4, -0.2) is 16.3 Å². The number of rotatable bonds is 4. The fraction of sp³-hybridized carbons (Fsp3) is 0.769. The van der Waals surface area contributed by atoms with Crippen LogP contribution in [0.3, 0.4) is 0 Å². The molecule has 4 nitrogen and oxygen atoms in total. The lowest BCUT2D eigenvalue weighted by Gasteiger charge is -2.22. The highest BCUT2D eigenvalue weighted by Gasteiger charge is 2.16. The van der Waals surface area contributed by atoms with Gasteiger partial charge in [-0.05, 0) is 25.2 Å². The van der Waals surface area contributed by atoms with Gasteiger partial charge in [0.05, 0.1) is 11.4 Å². The average Bonchev–Trinajstić information content (AvgIpc) is 2.63. The Labute approximate surface area is 104 Å². The Bertz CT molecular complexity index is 364. The van der Waals surface area contributed by atoms with Gasteiger partial charge in [0.25, 0.3) is 0 Å². The largest absolute Gasteiger partial charge is 0.394 e. The fourth-order valence-electron chi connectivity index (χ4n) is 2.70. The fourth-order valence-corrected chi connectivity index (χ4v) is 2.70. The van der Waals surface area contributed by atoms with Gasteiger partial charge in [-0.25, -0.2) is 0 Å². The summed E-state index contributed by atoms with van der Waals surface area (Å²) < 4.78 is 1.87. The second kappa shape index (κ2) is 5.43. The van der Waals surface area contributed by atoms with Gasteiger partial charge in [0.2, 0.25) is 0 Å². The van der Waals surface area contributed by atoms with Gasteiger partial charge in [0.15, 0.2) is 0 Å². The number of aromatic nitrogens is 2. The first kappa shape index (κ1) is 12.3. The highest BCUT2D eigenvalue weighted by atomic mass is 15.3. The highest BCUT2D eigenvalue weighted by Crippen LogP contribution is 2.26. The van der Waals surface area contributed by atoms with E-state index in [4.69, 9.17) is 5.73 Å². The molecule has 0 atom stereocenters. The Hall–Kier alpha value is -1.19. The molecule has 1 heterocycles. The Balaban J connectivity index is 1.95. The molecule has 0 unspecified atom stereocenters. The summed E-state index contributed by atoms with van der Waals surface area (Å²) in [7, 11) is 1.96. The summed E-state index contributed by atoms with van der Waals surface area (Å²) in [6.45, 7) is 3.12. The number of hydrogen-bond donors (Lipinski definition) is 2. The first-order chi connectivity index (χ1) is 8.22. The average molecular weight is 236 g/mol. The van der Waals surface area contributed by atoms with E-state index in [-0.39, 0.29) is 0 Å². The predicted molar refractivity (Wildman–Crippen MR) is 72.1 cm³/mol. The van der Waals surface area contributed by atoms with E-state index in [0.29, 0.717) is 0 Å². The topological polar surface area (TPSA) is 55.9 Å².